The Morgan fingerprint density at radius 1 is 1.14 bits per heavy atom. The minimum Gasteiger partial charge on any atom is -0.335 e. The van der Waals surface area contributed by atoms with Gasteiger partial charge in [-0.25, -0.2) is 0 Å². The van der Waals surface area contributed by atoms with Gasteiger partial charge in [-0.05, 0) is 20.4 Å². The van der Waals surface area contributed by atoms with Crippen molar-refractivity contribution in [3.8, 4) is 0 Å². The largest absolute Gasteiger partial charge is 0.335 e. The summed E-state index contributed by atoms with van der Waals surface area (Å²) in [5, 5.41) is 12.3. The molecule has 3 heterocycles. The lowest BCUT2D eigenvalue weighted by Gasteiger charge is -2.33. The van der Waals surface area contributed by atoms with Crippen molar-refractivity contribution in [2.24, 2.45) is 0 Å². The minimum atomic E-state index is -0.0780. The van der Waals surface area contributed by atoms with Crippen LogP contribution in [-0.2, 0) is 0 Å². The standard InChI is InChI=1S/C13H19N7O/c1-4-18-5-7-19(8-6-18)12(21)11-9(2)20-13(16-15-11)14-10(3)17-20/h4-8H2,1-3H3. The average Bonchev–Trinajstić information content (AvgIpc) is 2.89. The Bertz CT molecular complexity index is 672. The molecule has 1 saturated heterocycles. The van der Waals surface area contributed by atoms with E-state index in [4.69, 9.17) is 0 Å². The number of rotatable bonds is 2. The van der Waals surface area contributed by atoms with Crippen LogP contribution in [0.2, 0.25) is 0 Å². The summed E-state index contributed by atoms with van der Waals surface area (Å²) < 4.78 is 1.58. The molecule has 0 unspecified atom stereocenters. The molecule has 1 aliphatic rings. The number of hydrogen-bond donors (Lipinski definition) is 0. The Labute approximate surface area is 122 Å². The van der Waals surface area contributed by atoms with Gasteiger partial charge in [-0.1, -0.05) is 6.92 Å². The number of likely N-dealkylation sites (N-methyl/N-ethyl adjacent to an activating group) is 1. The molecule has 0 saturated carbocycles. The number of hydrogen-bond acceptors (Lipinski definition) is 6. The van der Waals surface area contributed by atoms with Gasteiger partial charge in [0.1, 0.15) is 5.82 Å². The molecule has 8 nitrogen and oxygen atoms in total. The minimum absolute atomic E-state index is 0.0780. The first kappa shape index (κ1) is 13.9. The van der Waals surface area contributed by atoms with Crippen molar-refractivity contribution in [1.29, 1.82) is 0 Å². The molecule has 2 aromatic rings. The Hall–Kier alpha value is -2.09. The highest BCUT2D eigenvalue weighted by atomic mass is 16.2. The van der Waals surface area contributed by atoms with Crippen molar-refractivity contribution >= 4 is 11.7 Å². The molecule has 1 amide bonds. The first-order chi connectivity index (χ1) is 10.1. The summed E-state index contributed by atoms with van der Waals surface area (Å²) in [6.07, 6.45) is 0. The zero-order chi connectivity index (χ0) is 15.0. The van der Waals surface area contributed by atoms with Crippen LogP contribution in [0.4, 0.5) is 0 Å². The summed E-state index contributed by atoms with van der Waals surface area (Å²) in [4.78, 5) is 20.9. The molecule has 0 spiro atoms. The lowest BCUT2D eigenvalue weighted by Crippen LogP contribution is -2.48. The summed E-state index contributed by atoms with van der Waals surface area (Å²) in [7, 11) is 0. The summed E-state index contributed by atoms with van der Waals surface area (Å²) in [5.41, 5.74) is 1.04. The highest BCUT2D eigenvalue weighted by molar-refractivity contribution is 5.93. The maximum absolute atomic E-state index is 12.6. The van der Waals surface area contributed by atoms with Crippen LogP contribution < -0.4 is 0 Å². The Morgan fingerprint density at radius 3 is 2.52 bits per heavy atom. The first-order valence-corrected chi connectivity index (χ1v) is 7.18. The topological polar surface area (TPSA) is 79.5 Å². The molecule has 112 valence electrons. The molecular formula is C13H19N7O. The van der Waals surface area contributed by atoms with Crippen LogP contribution in [0, 0.1) is 13.8 Å². The van der Waals surface area contributed by atoms with Crippen molar-refractivity contribution in [1.82, 2.24) is 34.6 Å². The summed E-state index contributed by atoms with van der Waals surface area (Å²) in [5.74, 6) is 0.969. The quantitative estimate of drug-likeness (QED) is 0.769. The van der Waals surface area contributed by atoms with E-state index in [1.807, 2.05) is 11.8 Å². The smallest absolute Gasteiger partial charge is 0.276 e. The predicted octanol–water partition coefficient (Wildman–Crippen LogP) is -0.0862. The summed E-state index contributed by atoms with van der Waals surface area (Å²) in [6, 6.07) is 0. The molecule has 0 bridgehead atoms. The number of fused-ring (bicyclic) bond motifs is 1. The van der Waals surface area contributed by atoms with Gasteiger partial charge in [0.15, 0.2) is 5.69 Å². The summed E-state index contributed by atoms with van der Waals surface area (Å²) >= 11 is 0. The predicted molar refractivity (Wildman–Crippen MR) is 76.1 cm³/mol. The number of piperazine rings is 1. The number of nitrogens with zero attached hydrogens (tertiary/aromatic N) is 7. The lowest BCUT2D eigenvalue weighted by molar-refractivity contribution is 0.0634. The second-order valence-corrected chi connectivity index (χ2v) is 5.23. The van der Waals surface area contributed by atoms with Gasteiger partial charge in [0.25, 0.3) is 11.7 Å². The number of aryl methyl sites for hydroxylation is 2. The van der Waals surface area contributed by atoms with Gasteiger partial charge in [0, 0.05) is 26.2 Å². The maximum Gasteiger partial charge on any atom is 0.276 e. The summed E-state index contributed by atoms with van der Waals surface area (Å²) in [6.45, 7) is 10.0. The fourth-order valence-electron chi connectivity index (χ4n) is 2.58. The Morgan fingerprint density at radius 2 is 1.86 bits per heavy atom. The maximum atomic E-state index is 12.6. The highest BCUT2D eigenvalue weighted by Gasteiger charge is 2.25. The molecule has 0 atom stereocenters. The molecule has 1 aliphatic heterocycles. The normalized spacial score (nSPS) is 16.6. The molecule has 0 N–H and O–H groups in total. The molecule has 0 radical (unpaired) electrons. The van der Waals surface area contributed by atoms with Crippen LogP contribution in [0.5, 0.6) is 0 Å². The van der Waals surface area contributed by atoms with Crippen LogP contribution >= 0.6 is 0 Å². The van der Waals surface area contributed by atoms with E-state index in [0.717, 1.165) is 32.7 Å². The van der Waals surface area contributed by atoms with E-state index < -0.39 is 0 Å². The van der Waals surface area contributed by atoms with E-state index in [1.165, 1.54) is 0 Å². The molecule has 0 aliphatic carbocycles. The monoisotopic (exact) mass is 289 g/mol. The Balaban J connectivity index is 1.86. The lowest BCUT2D eigenvalue weighted by atomic mass is 10.2. The number of carbonyl (C=O) groups is 1. The van der Waals surface area contributed by atoms with Crippen LogP contribution in [0.3, 0.4) is 0 Å². The van der Waals surface area contributed by atoms with Gasteiger partial charge in [0.2, 0.25) is 0 Å². The van der Waals surface area contributed by atoms with Crippen molar-refractivity contribution < 1.29 is 4.79 Å². The van der Waals surface area contributed by atoms with Gasteiger partial charge in [0.05, 0.1) is 5.69 Å². The van der Waals surface area contributed by atoms with Crippen molar-refractivity contribution in [3.05, 3.63) is 17.2 Å². The molecular weight excluding hydrogens is 270 g/mol. The van der Waals surface area contributed by atoms with Crippen LogP contribution in [0.1, 0.15) is 28.9 Å². The van der Waals surface area contributed by atoms with Crippen LogP contribution in [-0.4, -0.2) is 73.2 Å². The van der Waals surface area contributed by atoms with Crippen LogP contribution in [0.25, 0.3) is 5.78 Å². The molecule has 2 aromatic heterocycles. The van der Waals surface area contributed by atoms with Gasteiger partial charge in [-0.3, -0.25) is 4.79 Å². The zero-order valence-corrected chi connectivity index (χ0v) is 12.6. The number of amides is 1. The van der Waals surface area contributed by atoms with Gasteiger partial charge < -0.3 is 9.80 Å². The fraction of sp³-hybridized carbons (Fsp3) is 0.615. The van der Waals surface area contributed by atoms with E-state index >= 15 is 0 Å². The second kappa shape index (κ2) is 5.36. The first-order valence-electron chi connectivity index (χ1n) is 7.18. The third-order valence-electron chi connectivity index (χ3n) is 3.91. The van der Waals surface area contributed by atoms with E-state index in [2.05, 4.69) is 32.1 Å². The van der Waals surface area contributed by atoms with Gasteiger partial charge in [-0.2, -0.15) is 9.50 Å². The second-order valence-electron chi connectivity index (χ2n) is 5.23. The van der Waals surface area contributed by atoms with Crippen molar-refractivity contribution in [2.45, 2.75) is 20.8 Å². The van der Waals surface area contributed by atoms with E-state index in [1.54, 1.807) is 11.4 Å². The fourth-order valence-corrected chi connectivity index (χ4v) is 2.58. The average molecular weight is 289 g/mol. The molecule has 8 heteroatoms. The van der Waals surface area contributed by atoms with E-state index in [0.29, 0.717) is 23.0 Å². The number of carbonyl (C=O) groups excluding carboxylic acids is 1. The van der Waals surface area contributed by atoms with Crippen LogP contribution in [0.15, 0.2) is 0 Å². The van der Waals surface area contributed by atoms with E-state index in [-0.39, 0.29) is 5.91 Å². The third-order valence-corrected chi connectivity index (χ3v) is 3.91. The third kappa shape index (κ3) is 2.46. The number of aromatic nitrogens is 5. The van der Waals surface area contributed by atoms with Crippen molar-refractivity contribution in [2.75, 3.05) is 32.7 Å². The van der Waals surface area contributed by atoms with Gasteiger partial charge >= 0.3 is 0 Å². The Kier molecular flexibility index (Phi) is 3.54. The molecule has 1 fully saturated rings. The SMILES string of the molecule is CCN1CCN(C(=O)c2nnc3nc(C)nn3c2C)CC1. The van der Waals surface area contributed by atoms with E-state index in [9.17, 15) is 4.79 Å². The molecule has 21 heavy (non-hydrogen) atoms. The van der Waals surface area contributed by atoms with Gasteiger partial charge in [-0.15, -0.1) is 15.3 Å². The van der Waals surface area contributed by atoms with Crippen molar-refractivity contribution in [3.63, 3.8) is 0 Å². The molecule has 0 aromatic carbocycles. The zero-order valence-electron chi connectivity index (χ0n) is 12.6. The molecule has 3 rings (SSSR count). The highest BCUT2D eigenvalue weighted by Crippen LogP contribution is 2.11.